The van der Waals surface area contributed by atoms with Crippen LogP contribution < -0.4 is 11.5 Å². The minimum atomic E-state index is 0.507. The highest BCUT2D eigenvalue weighted by atomic mass is 35.5. The predicted molar refractivity (Wildman–Crippen MR) is 118 cm³/mol. The average molecular weight is 451 g/mol. The van der Waals surface area contributed by atoms with Crippen LogP contribution in [-0.2, 0) is 0 Å². The van der Waals surface area contributed by atoms with Crippen LogP contribution in [0, 0.1) is 0 Å². The van der Waals surface area contributed by atoms with Gasteiger partial charge < -0.3 is 11.5 Å². The van der Waals surface area contributed by atoms with Crippen molar-refractivity contribution in [2.45, 2.75) is 8.42 Å². The van der Waals surface area contributed by atoms with E-state index in [9.17, 15) is 0 Å². The fourth-order valence-corrected chi connectivity index (χ4v) is 6.07. The zero-order valence-electron chi connectivity index (χ0n) is 13.6. The fraction of sp³-hybridized carbons (Fsp3) is 0. The number of benzene rings is 2. The van der Waals surface area contributed by atoms with E-state index in [-0.39, 0.29) is 0 Å². The molecule has 4 aromatic rings. The summed E-state index contributed by atoms with van der Waals surface area (Å²) < 4.78 is 1.96. The van der Waals surface area contributed by atoms with E-state index in [2.05, 4.69) is 9.97 Å². The molecule has 0 aliphatic heterocycles. The van der Waals surface area contributed by atoms with Gasteiger partial charge in [0.2, 0.25) is 0 Å². The molecule has 4 N–H and O–H groups in total. The lowest BCUT2D eigenvalue weighted by Gasteiger charge is -2.04. The van der Waals surface area contributed by atoms with Gasteiger partial charge >= 0.3 is 0 Å². The molecular formula is C18H12Cl2N4S3. The van der Waals surface area contributed by atoms with Crippen LogP contribution in [0.4, 0.5) is 10.3 Å². The van der Waals surface area contributed by atoms with E-state index in [1.165, 1.54) is 22.7 Å². The Morgan fingerprint density at radius 1 is 0.667 bits per heavy atom. The molecule has 0 fully saturated rings. The molecule has 0 bridgehead atoms. The molecule has 0 unspecified atom stereocenters. The summed E-state index contributed by atoms with van der Waals surface area (Å²) >= 11 is 16.4. The molecule has 0 amide bonds. The number of anilines is 2. The number of hydrogen-bond donors (Lipinski definition) is 2. The van der Waals surface area contributed by atoms with E-state index in [1.807, 2.05) is 48.5 Å². The first kappa shape index (κ1) is 18.6. The highest BCUT2D eigenvalue weighted by Crippen LogP contribution is 2.47. The van der Waals surface area contributed by atoms with Gasteiger partial charge in [0, 0.05) is 21.2 Å². The molecule has 0 aliphatic rings. The van der Waals surface area contributed by atoms with E-state index < -0.39 is 0 Å². The summed E-state index contributed by atoms with van der Waals surface area (Å²) in [5, 5.41) is 2.37. The van der Waals surface area contributed by atoms with Crippen LogP contribution >= 0.6 is 57.6 Å². The lowest BCUT2D eigenvalue weighted by Crippen LogP contribution is -1.84. The van der Waals surface area contributed by atoms with Crippen LogP contribution in [0.1, 0.15) is 0 Å². The summed E-state index contributed by atoms with van der Waals surface area (Å²) in [5.41, 5.74) is 15.5. The minimum Gasteiger partial charge on any atom is -0.375 e. The number of halogens is 2. The van der Waals surface area contributed by atoms with Crippen LogP contribution in [0.25, 0.3) is 22.5 Å². The molecule has 0 radical (unpaired) electrons. The largest absolute Gasteiger partial charge is 0.375 e. The number of nitrogens with zero attached hydrogens (tertiary/aromatic N) is 2. The van der Waals surface area contributed by atoms with Gasteiger partial charge in [-0.1, -0.05) is 81.9 Å². The Hall–Kier alpha value is -1.77. The summed E-state index contributed by atoms with van der Waals surface area (Å²) in [6, 6.07) is 15.1. The smallest absolute Gasteiger partial charge is 0.181 e. The van der Waals surface area contributed by atoms with Crippen LogP contribution in [-0.4, -0.2) is 9.97 Å². The fourth-order valence-electron chi connectivity index (χ4n) is 2.45. The molecule has 0 saturated carbocycles. The predicted octanol–water partition coefficient (Wildman–Crippen LogP) is 6.56. The standard InChI is InChI=1S/C18H12Cl2N4S3/c19-11-5-1-9(2-6-11)13-15(26-17(21)23-13)25-16-14(24-18(22)27-16)10-3-7-12(20)8-4-10/h1-8H,(H2,21,23)(H2,22,24). The molecule has 0 spiro atoms. The third kappa shape index (κ3) is 4.07. The number of nitrogen functional groups attached to an aromatic ring is 2. The van der Waals surface area contributed by atoms with Crippen molar-refractivity contribution in [3.05, 3.63) is 58.6 Å². The van der Waals surface area contributed by atoms with Gasteiger partial charge in [0.15, 0.2) is 10.3 Å². The van der Waals surface area contributed by atoms with E-state index in [0.717, 1.165) is 30.9 Å². The molecular weight excluding hydrogens is 439 g/mol. The maximum atomic E-state index is 6.00. The second-order valence-electron chi connectivity index (χ2n) is 5.49. The van der Waals surface area contributed by atoms with Crippen LogP contribution in [0.15, 0.2) is 56.9 Å². The third-order valence-electron chi connectivity index (χ3n) is 3.65. The topological polar surface area (TPSA) is 77.8 Å². The Labute approximate surface area is 178 Å². The van der Waals surface area contributed by atoms with Gasteiger partial charge in [0.05, 0.1) is 19.8 Å². The quantitative estimate of drug-likeness (QED) is 0.368. The van der Waals surface area contributed by atoms with Gasteiger partial charge in [-0.2, -0.15) is 0 Å². The molecule has 136 valence electrons. The molecule has 0 saturated heterocycles. The summed E-state index contributed by atoms with van der Waals surface area (Å²) in [6.45, 7) is 0. The second-order valence-corrected chi connectivity index (χ2v) is 9.96. The molecule has 0 aliphatic carbocycles. The number of hydrogen-bond acceptors (Lipinski definition) is 7. The van der Waals surface area contributed by atoms with Crippen LogP contribution in [0.2, 0.25) is 10.0 Å². The van der Waals surface area contributed by atoms with Crippen molar-refractivity contribution in [1.29, 1.82) is 0 Å². The first-order valence-electron chi connectivity index (χ1n) is 7.72. The highest BCUT2D eigenvalue weighted by Gasteiger charge is 2.19. The summed E-state index contributed by atoms with van der Waals surface area (Å²) in [7, 11) is 0. The third-order valence-corrected chi connectivity index (χ3v) is 7.27. The molecule has 2 heterocycles. The number of aromatic nitrogens is 2. The summed E-state index contributed by atoms with van der Waals surface area (Å²) in [4.78, 5) is 8.99. The first-order chi connectivity index (χ1) is 13.0. The van der Waals surface area contributed by atoms with Gasteiger partial charge in [0.1, 0.15) is 0 Å². The lowest BCUT2D eigenvalue weighted by molar-refractivity contribution is 1.35. The van der Waals surface area contributed by atoms with Crippen molar-refractivity contribution < 1.29 is 0 Å². The van der Waals surface area contributed by atoms with Crippen molar-refractivity contribution >= 4 is 67.9 Å². The Morgan fingerprint density at radius 3 is 1.41 bits per heavy atom. The first-order valence-corrected chi connectivity index (χ1v) is 10.9. The van der Waals surface area contributed by atoms with E-state index >= 15 is 0 Å². The Bertz CT molecular complexity index is 1000. The normalized spacial score (nSPS) is 11.0. The van der Waals surface area contributed by atoms with Crippen molar-refractivity contribution in [3.63, 3.8) is 0 Å². The van der Waals surface area contributed by atoms with Crippen molar-refractivity contribution in [2.75, 3.05) is 11.5 Å². The monoisotopic (exact) mass is 450 g/mol. The van der Waals surface area contributed by atoms with Crippen molar-refractivity contribution in [3.8, 4) is 22.5 Å². The van der Waals surface area contributed by atoms with Crippen molar-refractivity contribution in [1.82, 2.24) is 9.97 Å². The van der Waals surface area contributed by atoms with E-state index in [1.54, 1.807) is 11.8 Å². The Morgan fingerprint density at radius 2 is 1.04 bits per heavy atom. The van der Waals surface area contributed by atoms with Gasteiger partial charge in [0.25, 0.3) is 0 Å². The Kier molecular flexibility index (Phi) is 5.29. The molecule has 0 atom stereocenters. The zero-order valence-corrected chi connectivity index (χ0v) is 17.6. The maximum Gasteiger partial charge on any atom is 0.181 e. The maximum absolute atomic E-state index is 6.00. The van der Waals surface area contributed by atoms with Gasteiger partial charge in [-0.3, -0.25) is 0 Å². The number of thiazole rings is 2. The number of nitrogens with two attached hydrogens (primary N) is 2. The van der Waals surface area contributed by atoms with Gasteiger partial charge in [-0.25, -0.2) is 9.97 Å². The molecule has 4 rings (SSSR count). The molecule has 2 aromatic carbocycles. The summed E-state index contributed by atoms with van der Waals surface area (Å²) in [5.74, 6) is 0. The minimum absolute atomic E-state index is 0.507. The summed E-state index contributed by atoms with van der Waals surface area (Å²) in [6.07, 6.45) is 0. The average Bonchev–Trinajstić information content (AvgIpc) is 3.19. The van der Waals surface area contributed by atoms with Crippen LogP contribution in [0.3, 0.4) is 0 Å². The Balaban J connectivity index is 1.73. The highest BCUT2D eigenvalue weighted by molar-refractivity contribution is 8.03. The van der Waals surface area contributed by atoms with E-state index in [0.29, 0.717) is 20.3 Å². The SMILES string of the molecule is Nc1nc(-c2ccc(Cl)cc2)c(Sc2sc(N)nc2-c2ccc(Cl)cc2)s1. The molecule has 2 aromatic heterocycles. The lowest BCUT2D eigenvalue weighted by atomic mass is 10.2. The van der Waals surface area contributed by atoms with E-state index in [4.69, 9.17) is 34.7 Å². The molecule has 9 heteroatoms. The number of rotatable bonds is 4. The zero-order chi connectivity index (χ0) is 19.0. The van der Waals surface area contributed by atoms with Gasteiger partial charge in [-0.15, -0.1) is 0 Å². The molecule has 27 heavy (non-hydrogen) atoms. The molecule has 4 nitrogen and oxygen atoms in total. The van der Waals surface area contributed by atoms with Gasteiger partial charge in [-0.05, 0) is 24.3 Å². The second kappa shape index (κ2) is 7.69. The van der Waals surface area contributed by atoms with Crippen LogP contribution in [0.5, 0.6) is 0 Å². The van der Waals surface area contributed by atoms with Crippen molar-refractivity contribution in [2.24, 2.45) is 0 Å².